The molecule has 0 fully saturated rings. The van der Waals surface area contributed by atoms with Gasteiger partial charge in [-0.1, -0.05) is 24.7 Å². The van der Waals surface area contributed by atoms with Crippen molar-refractivity contribution < 1.29 is 23.4 Å². The molecule has 0 aliphatic carbocycles. The fraction of sp³-hybridized carbons (Fsp3) is 0.833. The molecule has 2 N–H and O–H groups in total. The Morgan fingerprint density at radius 3 is 2.24 bits per heavy atom. The Morgan fingerprint density at radius 1 is 1.18 bits per heavy atom. The van der Waals surface area contributed by atoms with Gasteiger partial charge in [-0.05, 0) is 26.7 Å². The zero-order valence-electron chi connectivity index (χ0n) is 10.1. The van der Waals surface area contributed by atoms with Crippen molar-refractivity contribution in [3.63, 3.8) is 0 Å². The van der Waals surface area contributed by atoms with E-state index in [0.29, 0.717) is 26.2 Å². The van der Waals surface area contributed by atoms with Crippen molar-refractivity contribution in [1.29, 1.82) is 0 Å². The maximum absolute atomic E-state index is 12.2. The van der Waals surface area contributed by atoms with Gasteiger partial charge in [-0.25, -0.2) is 0 Å². The average molecular weight is 252 g/mol. The molecule has 0 amide bonds. The van der Waals surface area contributed by atoms with Crippen molar-refractivity contribution in [2.75, 3.05) is 0 Å². The maximum Gasteiger partial charge on any atom is 0.428 e. The minimum Gasteiger partial charge on any atom is -0.393 e. The van der Waals surface area contributed by atoms with Crippen LogP contribution in [-0.2, 0) is 0 Å². The van der Waals surface area contributed by atoms with E-state index in [1.54, 1.807) is 6.92 Å². The van der Waals surface area contributed by atoms with Crippen LogP contribution in [0.25, 0.3) is 0 Å². The molecule has 0 radical (unpaired) electrons. The van der Waals surface area contributed by atoms with Gasteiger partial charge in [0.05, 0.1) is 6.10 Å². The molecule has 0 saturated heterocycles. The van der Waals surface area contributed by atoms with E-state index >= 15 is 0 Å². The predicted octanol–water partition coefficient (Wildman–Crippen LogP) is 2.63. The van der Waals surface area contributed by atoms with Gasteiger partial charge >= 0.3 is 6.18 Å². The highest BCUT2D eigenvalue weighted by Gasteiger charge is 2.48. The summed E-state index contributed by atoms with van der Waals surface area (Å²) in [6, 6.07) is 0. The lowest BCUT2D eigenvalue weighted by molar-refractivity contribution is -0.228. The largest absolute Gasteiger partial charge is 0.428 e. The first-order valence-corrected chi connectivity index (χ1v) is 5.64. The van der Waals surface area contributed by atoms with Crippen LogP contribution in [-0.4, -0.2) is 28.1 Å². The van der Waals surface area contributed by atoms with Crippen molar-refractivity contribution in [1.82, 2.24) is 0 Å². The number of unbranched alkanes of at least 4 members (excludes halogenated alkanes) is 3. The Morgan fingerprint density at radius 2 is 1.76 bits per heavy atom. The lowest BCUT2D eigenvalue weighted by Crippen LogP contribution is -2.40. The standard InChI is InChI=1S/C12H19F3O2/c1-10(16)8-6-4-3-5-7-9-11(2,17)12(13,14)15/h10,16-17H,3-6,8H2,1-2H3. The molecule has 100 valence electrons. The van der Waals surface area contributed by atoms with Gasteiger partial charge in [0, 0.05) is 6.42 Å². The van der Waals surface area contributed by atoms with E-state index in [2.05, 4.69) is 5.92 Å². The highest BCUT2D eigenvalue weighted by atomic mass is 19.4. The number of rotatable bonds is 5. The first-order valence-electron chi connectivity index (χ1n) is 5.64. The van der Waals surface area contributed by atoms with Gasteiger partial charge in [-0.2, -0.15) is 13.2 Å². The van der Waals surface area contributed by atoms with Crippen molar-refractivity contribution >= 4 is 0 Å². The van der Waals surface area contributed by atoms with E-state index in [1.165, 1.54) is 0 Å². The number of hydrogen-bond donors (Lipinski definition) is 2. The van der Waals surface area contributed by atoms with Gasteiger partial charge in [0.25, 0.3) is 0 Å². The molecule has 0 saturated carbocycles. The van der Waals surface area contributed by atoms with Gasteiger partial charge in [-0.3, -0.25) is 0 Å². The second kappa shape index (κ2) is 6.87. The third-order valence-corrected chi connectivity index (χ3v) is 2.31. The number of aliphatic hydroxyl groups is 2. The summed E-state index contributed by atoms with van der Waals surface area (Å²) < 4.78 is 36.5. The van der Waals surface area contributed by atoms with Gasteiger partial charge in [0.1, 0.15) is 0 Å². The molecule has 5 heteroatoms. The molecule has 0 aromatic rings. The molecule has 0 rings (SSSR count). The zero-order chi connectivity index (χ0) is 13.5. The van der Waals surface area contributed by atoms with Crippen LogP contribution in [0, 0.1) is 11.8 Å². The van der Waals surface area contributed by atoms with Gasteiger partial charge in [0.15, 0.2) is 0 Å². The molecule has 0 bridgehead atoms. The molecular weight excluding hydrogens is 233 g/mol. The highest BCUT2D eigenvalue weighted by Crippen LogP contribution is 2.29. The van der Waals surface area contributed by atoms with Crippen LogP contribution in [0.3, 0.4) is 0 Å². The monoisotopic (exact) mass is 252 g/mol. The second-order valence-corrected chi connectivity index (χ2v) is 4.32. The SMILES string of the molecule is CC(O)CCCCCC#CC(C)(O)C(F)(F)F. The van der Waals surface area contributed by atoms with E-state index in [1.807, 2.05) is 5.92 Å². The summed E-state index contributed by atoms with van der Waals surface area (Å²) in [7, 11) is 0. The maximum atomic E-state index is 12.2. The van der Waals surface area contributed by atoms with Crippen molar-refractivity contribution in [2.24, 2.45) is 0 Å². The van der Waals surface area contributed by atoms with Crippen LogP contribution in [0.2, 0.25) is 0 Å². The third kappa shape index (κ3) is 7.24. The van der Waals surface area contributed by atoms with Gasteiger partial charge in [0.2, 0.25) is 5.60 Å². The predicted molar refractivity (Wildman–Crippen MR) is 59.2 cm³/mol. The molecule has 0 aromatic carbocycles. The minimum absolute atomic E-state index is 0.325. The molecule has 0 spiro atoms. The van der Waals surface area contributed by atoms with Crippen molar-refractivity contribution in [3.05, 3.63) is 0 Å². The lowest BCUT2D eigenvalue weighted by atomic mass is 10.1. The summed E-state index contributed by atoms with van der Waals surface area (Å²) in [6.45, 7) is 2.34. The quantitative estimate of drug-likeness (QED) is 0.583. The fourth-order valence-corrected chi connectivity index (χ4v) is 1.14. The van der Waals surface area contributed by atoms with Crippen LogP contribution < -0.4 is 0 Å². The molecule has 17 heavy (non-hydrogen) atoms. The zero-order valence-corrected chi connectivity index (χ0v) is 10.1. The number of hydrogen-bond acceptors (Lipinski definition) is 2. The Hall–Kier alpha value is -0.730. The molecule has 0 heterocycles. The molecule has 0 aliphatic heterocycles. The minimum atomic E-state index is -4.72. The number of alkyl halides is 3. The van der Waals surface area contributed by atoms with Crippen LogP contribution in [0.4, 0.5) is 13.2 Å². The van der Waals surface area contributed by atoms with E-state index in [0.717, 1.165) is 12.8 Å². The molecule has 2 atom stereocenters. The Labute approximate surface area is 99.8 Å². The van der Waals surface area contributed by atoms with E-state index < -0.39 is 11.8 Å². The Kier molecular flexibility index (Phi) is 6.58. The molecule has 0 aromatic heterocycles. The van der Waals surface area contributed by atoms with E-state index in [4.69, 9.17) is 10.2 Å². The van der Waals surface area contributed by atoms with Crippen LogP contribution in [0.15, 0.2) is 0 Å². The first-order chi connectivity index (χ1) is 7.67. The molecule has 0 aliphatic rings. The van der Waals surface area contributed by atoms with Crippen LogP contribution in [0.5, 0.6) is 0 Å². The third-order valence-electron chi connectivity index (χ3n) is 2.31. The summed E-state index contributed by atoms with van der Waals surface area (Å²) in [5.41, 5.74) is -2.92. The summed E-state index contributed by atoms with van der Waals surface area (Å²) in [5, 5.41) is 18.0. The van der Waals surface area contributed by atoms with Crippen LogP contribution >= 0.6 is 0 Å². The summed E-state index contributed by atoms with van der Waals surface area (Å²) >= 11 is 0. The van der Waals surface area contributed by atoms with E-state index in [9.17, 15) is 13.2 Å². The van der Waals surface area contributed by atoms with Crippen molar-refractivity contribution in [3.8, 4) is 11.8 Å². The Bertz CT molecular complexity index is 272. The molecule has 2 nitrogen and oxygen atoms in total. The topological polar surface area (TPSA) is 40.5 Å². The summed E-state index contributed by atoms with van der Waals surface area (Å²) in [4.78, 5) is 0. The normalized spacial score (nSPS) is 16.9. The average Bonchev–Trinajstić information content (AvgIpc) is 2.13. The van der Waals surface area contributed by atoms with Crippen LogP contribution in [0.1, 0.15) is 46.0 Å². The Balaban J connectivity index is 3.83. The van der Waals surface area contributed by atoms with E-state index in [-0.39, 0.29) is 6.10 Å². The fourth-order valence-electron chi connectivity index (χ4n) is 1.14. The van der Waals surface area contributed by atoms with Crippen molar-refractivity contribution in [2.45, 2.75) is 63.8 Å². The second-order valence-electron chi connectivity index (χ2n) is 4.32. The molecule has 2 unspecified atom stereocenters. The van der Waals surface area contributed by atoms with Gasteiger partial charge in [-0.15, -0.1) is 0 Å². The smallest absolute Gasteiger partial charge is 0.393 e. The highest BCUT2D eigenvalue weighted by molar-refractivity contribution is 5.15. The van der Waals surface area contributed by atoms with Gasteiger partial charge < -0.3 is 10.2 Å². The number of aliphatic hydroxyl groups excluding tert-OH is 1. The summed E-state index contributed by atoms with van der Waals surface area (Å²) in [6.07, 6.45) is -1.73. The lowest BCUT2D eigenvalue weighted by Gasteiger charge is -2.19. The number of halogens is 3. The first kappa shape index (κ1) is 16.3. The molecular formula is C12H19F3O2. The summed E-state index contributed by atoms with van der Waals surface area (Å²) in [5.74, 6) is 4.17.